The third kappa shape index (κ3) is 4.50. The Bertz CT molecular complexity index is 690. The lowest BCUT2D eigenvalue weighted by molar-refractivity contribution is 0.183. The molecule has 0 fully saturated rings. The van der Waals surface area contributed by atoms with Gasteiger partial charge in [-0.2, -0.15) is 0 Å². The molecule has 132 valence electrons. The first kappa shape index (κ1) is 17.3. The quantitative estimate of drug-likeness (QED) is 0.898. The molecule has 0 aliphatic carbocycles. The number of aromatic nitrogens is 1. The van der Waals surface area contributed by atoms with Gasteiger partial charge < -0.3 is 15.0 Å². The van der Waals surface area contributed by atoms with Gasteiger partial charge in [-0.05, 0) is 24.1 Å². The fraction of sp³-hybridized carbons (Fsp3) is 0.400. The van der Waals surface area contributed by atoms with Crippen LogP contribution in [0, 0.1) is 0 Å². The number of benzene rings is 1. The number of urea groups is 1. The molecule has 0 spiro atoms. The molecule has 2 aromatic rings. The predicted octanol–water partition coefficient (Wildman–Crippen LogP) is 3.92. The number of unbranched alkanes of at least 4 members (excludes halogenated alkanes) is 1. The molecule has 1 N–H and O–H groups in total. The zero-order valence-electron chi connectivity index (χ0n) is 14.6. The molecule has 0 saturated heterocycles. The molecule has 5 nitrogen and oxygen atoms in total. The van der Waals surface area contributed by atoms with E-state index in [-0.39, 0.29) is 12.1 Å². The zero-order chi connectivity index (χ0) is 17.5. The number of nitrogens with zero attached hydrogens (tertiary/aromatic N) is 2. The summed E-state index contributed by atoms with van der Waals surface area (Å²) in [6.45, 7) is 3.81. The highest BCUT2D eigenvalue weighted by atomic mass is 16.5. The molecule has 2 heterocycles. The van der Waals surface area contributed by atoms with E-state index in [2.05, 4.69) is 17.2 Å². The number of amides is 2. The molecular formula is C20H25N3O2. The highest BCUT2D eigenvalue weighted by Crippen LogP contribution is 2.23. The summed E-state index contributed by atoms with van der Waals surface area (Å²) >= 11 is 0. The molecule has 5 heteroatoms. The minimum atomic E-state index is -0.0507. The van der Waals surface area contributed by atoms with Crippen molar-refractivity contribution < 1.29 is 9.53 Å². The van der Waals surface area contributed by atoms with E-state index in [4.69, 9.17) is 4.74 Å². The number of carbonyl (C=O) groups excluding carboxylic acids is 1. The van der Waals surface area contributed by atoms with E-state index < -0.39 is 0 Å². The van der Waals surface area contributed by atoms with Crippen molar-refractivity contribution in [2.45, 2.75) is 38.8 Å². The van der Waals surface area contributed by atoms with Gasteiger partial charge in [0.05, 0.1) is 19.1 Å². The van der Waals surface area contributed by atoms with Crippen LogP contribution in [0.4, 0.5) is 4.79 Å². The van der Waals surface area contributed by atoms with Crippen LogP contribution >= 0.6 is 0 Å². The fourth-order valence-electron chi connectivity index (χ4n) is 3.05. The van der Waals surface area contributed by atoms with Gasteiger partial charge in [-0.15, -0.1) is 0 Å². The molecule has 2 amide bonds. The Morgan fingerprint density at radius 3 is 3.00 bits per heavy atom. The van der Waals surface area contributed by atoms with Crippen LogP contribution in [0.5, 0.6) is 5.75 Å². The summed E-state index contributed by atoms with van der Waals surface area (Å²) in [5, 5.41) is 3.19. The Morgan fingerprint density at radius 1 is 1.32 bits per heavy atom. The highest BCUT2D eigenvalue weighted by Gasteiger charge is 2.22. The minimum Gasteiger partial charge on any atom is -0.491 e. The number of para-hydroxylation sites is 1. The van der Waals surface area contributed by atoms with Gasteiger partial charge >= 0.3 is 6.03 Å². The normalized spacial score (nSPS) is 14.8. The van der Waals surface area contributed by atoms with Crippen molar-refractivity contribution in [3.05, 3.63) is 59.9 Å². The third-order valence-electron chi connectivity index (χ3n) is 4.47. The van der Waals surface area contributed by atoms with Crippen molar-refractivity contribution in [2.75, 3.05) is 13.2 Å². The predicted molar refractivity (Wildman–Crippen MR) is 97.4 cm³/mol. The molecule has 25 heavy (non-hydrogen) atoms. The first-order chi connectivity index (χ1) is 12.3. The summed E-state index contributed by atoms with van der Waals surface area (Å²) in [7, 11) is 0. The molecule has 0 bridgehead atoms. The average molecular weight is 339 g/mol. The van der Waals surface area contributed by atoms with Crippen LogP contribution in [0.2, 0.25) is 0 Å². The Kier molecular flexibility index (Phi) is 5.88. The van der Waals surface area contributed by atoms with Crippen LogP contribution in [0.25, 0.3) is 0 Å². The monoisotopic (exact) mass is 339 g/mol. The average Bonchev–Trinajstić information content (AvgIpc) is 2.88. The number of hydrogen-bond acceptors (Lipinski definition) is 3. The van der Waals surface area contributed by atoms with Gasteiger partial charge in [0.2, 0.25) is 0 Å². The molecule has 0 radical (unpaired) electrons. The second-order valence-corrected chi connectivity index (χ2v) is 6.31. The Labute approximate surface area is 149 Å². The zero-order valence-corrected chi connectivity index (χ0v) is 14.6. The number of hydrogen-bond donors (Lipinski definition) is 1. The van der Waals surface area contributed by atoms with Crippen LogP contribution in [0.15, 0.2) is 48.8 Å². The summed E-state index contributed by atoms with van der Waals surface area (Å²) in [6, 6.07) is 11.8. The summed E-state index contributed by atoms with van der Waals surface area (Å²) in [4.78, 5) is 18.9. The first-order valence-electron chi connectivity index (χ1n) is 8.94. The number of fused-ring (bicyclic) bond motifs is 1. The second kappa shape index (κ2) is 8.51. The Morgan fingerprint density at radius 2 is 2.20 bits per heavy atom. The van der Waals surface area contributed by atoms with E-state index in [0.29, 0.717) is 19.7 Å². The SMILES string of the molecule is CCCC[C@H](NC(=O)N1CCOc2ccccc2C1)c1cccnc1. The van der Waals surface area contributed by atoms with Crippen molar-refractivity contribution in [1.29, 1.82) is 0 Å². The molecule has 1 aliphatic heterocycles. The topological polar surface area (TPSA) is 54.5 Å². The molecular weight excluding hydrogens is 314 g/mol. The Hall–Kier alpha value is -2.56. The number of nitrogens with one attached hydrogen (secondary N) is 1. The minimum absolute atomic E-state index is 0.0134. The first-order valence-corrected chi connectivity index (χ1v) is 8.94. The summed E-state index contributed by atoms with van der Waals surface area (Å²) in [5.41, 5.74) is 2.09. The van der Waals surface area contributed by atoms with E-state index >= 15 is 0 Å². The summed E-state index contributed by atoms with van der Waals surface area (Å²) in [5.74, 6) is 0.868. The van der Waals surface area contributed by atoms with E-state index in [1.165, 1.54) is 0 Å². The van der Waals surface area contributed by atoms with Gasteiger partial charge in [0.1, 0.15) is 12.4 Å². The number of pyridine rings is 1. The fourth-order valence-corrected chi connectivity index (χ4v) is 3.05. The van der Waals surface area contributed by atoms with E-state index in [0.717, 1.165) is 36.1 Å². The third-order valence-corrected chi connectivity index (χ3v) is 4.47. The lowest BCUT2D eigenvalue weighted by atomic mass is 10.0. The smallest absolute Gasteiger partial charge is 0.318 e. The van der Waals surface area contributed by atoms with Crippen LogP contribution < -0.4 is 10.1 Å². The highest BCUT2D eigenvalue weighted by molar-refractivity contribution is 5.75. The maximum absolute atomic E-state index is 12.8. The standard InChI is InChI=1S/C20H25N3O2/c1-2-3-9-18(16-8-6-11-21-14-16)22-20(24)23-12-13-25-19-10-5-4-7-17(19)15-23/h4-8,10-11,14,18H,2-3,9,12-13,15H2,1H3,(H,22,24)/t18-/m0/s1. The van der Waals surface area contributed by atoms with Gasteiger partial charge in [-0.25, -0.2) is 4.79 Å². The van der Waals surface area contributed by atoms with Crippen molar-refractivity contribution in [1.82, 2.24) is 15.2 Å². The van der Waals surface area contributed by atoms with Crippen molar-refractivity contribution in [2.24, 2.45) is 0 Å². The van der Waals surface area contributed by atoms with Gasteiger partial charge in [0.25, 0.3) is 0 Å². The van der Waals surface area contributed by atoms with Gasteiger partial charge in [-0.3, -0.25) is 4.98 Å². The summed E-state index contributed by atoms with van der Waals surface area (Å²) < 4.78 is 5.75. The van der Waals surface area contributed by atoms with Gasteiger partial charge in [-0.1, -0.05) is 44.0 Å². The Balaban J connectivity index is 1.70. The van der Waals surface area contributed by atoms with Crippen molar-refractivity contribution >= 4 is 6.03 Å². The molecule has 1 aliphatic rings. The second-order valence-electron chi connectivity index (χ2n) is 6.31. The number of rotatable bonds is 5. The largest absolute Gasteiger partial charge is 0.491 e. The molecule has 0 saturated carbocycles. The van der Waals surface area contributed by atoms with Crippen LogP contribution in [-0.2, 0) is 6.54 Å². The molecule has 1 aromatic heterocycles. The van der Waals surface area contributed by atoms with E-state index in [9.17, 15) is 4.79 Å². The van der Waals surface area contributed by atoms with Crippen LogP contribution in [0.3, 0.4) is 0 Å². The molecule has 1 atom stereocenters. The van der Waals surface area contributed by atoms with Crippen LogP contribution in [0.1, 0.15) is 43.4 Å². The molecule has 3 rings (SSSR count). The lowest BCUT2D eigenvalue weighted by Gasteiger charge is -2.25. The van der Waals surface area contributed by atoms with Crippen LogP contribution in [-0.4, -0.2) is 29.1 Å². The van der Waals surface area contributed by atoms with Gasteiger partial charge in [0, 0.05) is 18.0 Å². The lowest BCUT2D eigenvalue weighted by Crippen LogP contribution is -2.42. The molecule has 1 aromatic carbocycles. The van der Waals surface area contributed by atoms with Gasteiger partial charge in [0.15, 0.2) is 0 Å². The van der Waals surface area contributed by atoms with Crippen molar-refractivity contribution in [3.8, 4) is 5.75 Å². The van der Waals surface area contributed by atoms with E-state index in [1.54, 1.807) is 6.20 Å². The number of ether oxygens (including phenoxy) is 1. The summed E-state index contributed by atoms with van der Waals surface area (Å²) in [6.07, 6.45) is 6.66. The maximum atomic E-state index is 12.8. The van der Waals surface area contributed by atoms with E-state index in [1.807, 2.05) is 47.5 Å². The molecule has 0 unspecified atom stereocenters. The number of carbonyl (C=O) groups is 1. The van der Waals surface area contributed by atoms with Crippen molar-refractivity contribution in [3.63, 3.8) is 0 Å². The maximum Gasteiger partial charge on any atom is 0.318 e.